The Morgan fingerprint density at radius 1 is 0.639 bits per heavy atom. The van der Waals surface area contributed by atoms with Gasteiger partial charge in [0.15, 0.2) is 0 Å². The molecule has 1 unspecified atom stereocenters. The molecule has 1 atom stereocenters. The Labute approximate surface area is 223 Å². The van der Waals surface area contributed by atoms with E-state index < -0.39 is 0 Å². The van der Waals surface area contributed by atoms with Crippen molar-refractivity contribution in [2.75, 3.05) is 25.4 Å². The quantitative estimate of drug-likeness (QED) is 0.0631. The molecular formula is C31H58N2O3. The fourth-order valence-corrected chi connectivity index (χ4v) is 4.43. The summed E-state index contributed by atoms with van der Waals surface area (Å²) in [6.07, 6.45) is 25.0. The lowest BCUT2D eigenvalue weighted by atomic mass is 10.1. The monoisotopic (exact) mass is 506 g/mol. The van der Waals surface area contributed by atoms with Gasteiger partial charge in [0.05, 0.1) is 6.73 Å². The number of hydrogen-bond donors (Lipinski definition) is 3. The van der Waals surface area contributed by atoms with Crippen LogP contribution < -0.4 is 10.6 Å². The maximum absolute atomic E-state index is 9.43. The van der Waals surface area contributed by atoms with E-state index in [9.17, 15) is 5.11 Å². The molecular weight excluding hydrogens is 448 g/mol. The van der Waals surface area contributed by atoms with Gasteiger partial charge in [-0.3, -0.25) is 5.32 Å². The Balaban J connectivity index is 2.10. The van der Waals surface area contributed by atoms with Gasteiger partial charge in [0.1, 0.15) is 18.7 Å². The van der Waals surface area contributed by atoms with Gasteiger partial charge < -0.3 is 19.9 Å². The molecule has 3 N–H and O–H groups in total. The first kappa shape index (κ1) is 32.7. The van der Waals surface area contributed by atoms with Gasteiger partial charge in [-0.25, -0.2) is 0 Å². The van der Waals surface area contributed by atoms with Gasteiger partial charge in [-0.15, -0.1) is 0 Å². The average molecular weight is 507 g/mol. The maximum atomic E-state index is 9.43. The smallest absolute Gasteiger partial charge is 0.118 e. The van der Waals surface area contributed by atoms with Crippen LogP contribution in [0.2, 0.25) is 0 Å². The van der Waals surface area contributed by atoms with Gasteiger partial charge in [0.2, 0.25) is 0 Å². The molecule has 0 amide bonds. The zero-order chi connectivity index (χ0) is 25.9. The second kappa shape index (κ2) is 25.4. The van der Waals surface area contributed by atoms with Crippen molar-refractivity contribution < 1.29 is 14.6 Å². The minimum Gasteiger partial charge on any atom is -0.508 e. The molecule has 1 aromatic rings. The van der Waals surface area contributed by atoms with Crippen LogP contribution in [0.25, 0.3) is 0 Å². The number of rotatable bonds is 27. The standard InChI is InChI=1S/C31H58N2O3/c1-3-5-7-9-11-12-13-14-16-18-20-26-35-27-33-31(21-19-17-15-10-8-6-4-2)36-28-32-29-22-24-30(34)25-23-29/h22-25,31-34H,3-21,26-28H2,1-2H3. The molecule has 1 rings (SSSR count). The second-order valence-corrected chi connectivity index (χ2v) is 10.2. The summed E-state index contributed by atoms with van der Waals surface area (Å²) in [6.45, 7) is 6.33. The summed E-state index contributed by atoms with van der Waals surface area (Å²) >= 11 is 0. The molecule has 0 fully saturated rings. The van der Waals surface area contributed by atoms with Crippen molar-refractivity contribution in [1.82, 2.24) is 5.32 Å². The topological polar surface area (TPSA) is 62.8 Å². The van der Waals surface area contributed by atoms with E-state index in [0.29, 0.717) is 13.5 Å². The SMILES string of the molecule is CCCCCCCCCCCCCOCNC(CCCCCCCCC)OCNc1ccc(O)cc1. The number of aromatic hydroxyl groups is 1. The number of nitrogens with one attached hydrogen (secondary N) is 2. The third-order valence-electron chi connectivity index (χ3n) is 6.80. The first-order valence-electron chi connectivity index (χ1n) is 15.2. The number of hydrogen-bond acceptors (Lipinski definition) is 5. The van der Waals surface area contributed by atoms with Crippen molar-refractivity contribution in [3.05, 3.63) is 24.3 Å². The summed E-state index contributed by atoms with van der Waals surface area (Å²) < 4.78 is 11.9. The molecule has 5 nitrogen and oxygen atoms in total. The highest BCUT2D eigenvalue weighted by Gasteiger charge is 2.08. The van der Waals surface area contributed by atoms with Gasteiger partial charge in [-0.05, 0) is 43.5 Å². The Hall–Kier alpha value is -1.30. The molecule has 210 valence electrons. The highest BCUT2D eigenvalue weighted by atomic mass is 16.5. The molecule has 0 aliphatic carbocycles. The van der Waals surface area contributed by atoms with E-state index in [1.165, 1.54) is 109 Å². The van der Waals surface area contributed by atoms with E-state index in [2.05, 4.69) is 24.5 Å². The number of benzene rings is 1. The molecule has 5 heteroatoms. The Morgan fingerprint density at radius 2 is 1.14 bits per heavy atom. The summed E-state index contributed by atoms with van der Waals surface area (Å²) in [4.78, 5) is 0. The summed E-state index contributed by atoms with van der Waals surface area (Å²) in [5.41, 5.74) is 0.940. The van der Waals surface area contributed by atoms with Crippen LogP contribution in [0.3, 0.4) is 0 Å². The first-order chi connectivity index (χ1) is 17.8. The number of phenolic OH excluding ortho intramolecular Hbond substituents is 1. The maximum Gasteiger partial charge on any atom is 0.118 e. The molecule has 0 radical (unpaired) electrons. The molecule has 1 aromatic carbocycles. The summed E-state index contributed by atoms with van der Waals surface area (Å²) in [5.74, 6) is 0.273. The molecule has 0 aliphatic heterocycles. The lowest BCUT2D eigenvalue weighted by Crippen LogP contribution is -2.35. The number of unbranched alkanes of at least 4 members (excludes halogenated alkanes) is 16. The van der Waals surface area contributed by atoms with Crippen molar-refractivity contribution in [2.45, 2.75) is 142 Å². The van der Waals surface area contributed by atoms with Gasteiger partial charge in [0, 0.05) is 12.3 Å². The lowest BCUT2D eigenvalue weighted by Gasteiger charge is -2.20. The minimum absolute atomic E-state index is 0.0115. The van der Waals surface area contributed by atoms with Crippen molar-refractivity contribution in [1.29, 1.82) is 0 Å². The Morgan fingerprint density at radius 3 is 1.69 bits per heavy atom. The molecule has 36 heavy (non-hydrogen) atoms. The number of phenols is 1. The van der Waals surface area contributed by atoms with E-state index >= 15 is 0 Å². The average Bonchev–Trinajstić information content (AvgIpc) is 2.89. The van der Waals surface area contributed by atoms with Crippen LogP contribution >= 0.6 is 0 Å². The second-order valence-electron chi connectivity index (χ2n) is 10.2. The fourth-order valence-electron chi connectivity index (χ4n) is 4.43. The molecule has 0 spiro atoms. The predicted octanol–water partition coefficient (Wildman–Crippen LogP) is 9.12. The van der Waals surface area contributed by atoms with Crippen molar-refractivity contribution in [2.24, 2.45) is 0 Å². The largest absolute Gasteiger partial charge is 0.508 e. The summed E-state index contributed by atoms with van der Waals surface area (Å²) in [7, 11) is 0. The summed E-state index contributed by atoms with van der Waals surface area (Å²) in [5, 5.41) is 16.1. The van der Waals surface area contributed by atoms with Crippen LogP contribution in [-0.4, -0.2) is 31.4 Å². The van der Waals surface area contributed by atoms with E-state index in [1.54, 1.807) is 12.1 Å². The van der Waals surface area contributed by atoms with Gasteiger partial charge >= 0.3 is 0 Å². The van der Waals surface area contributed by atoms with Gasteiger partial charge in [-0.2, -0.15) is 0 Å². The Kier molecular flexibility index (Phi) is 23.0. The van der Waals surface area contributed by atoms with Crippen molar-refractivity contribution in [3.63, 3.8) is 0 Å². The third-order valence-corrected chi connectivity index (χ3v) is 6.80. The molecule has 0 heterocycles. The van der Waals surface area contributed by atoms with Crippen LogP contribution in [0.15, 0.2) is 24.3 Å². The normalized spacial score (nSPS) is 12.2. The van der Waals surface area contributed by atoms with Crippen molar-refractivity contribution >= 4 is 5.69 Å². The predicted molar refractivity (Wildman–Crippen MR) is 154 cm³/mol. The van der Waals surface area contributed by atoms with Crippen LogP contribution in [0, 0.1) is 0 Å². The van der Waals surface area contributed by atoms with E-state index in [0.717, 1.165) is 25.1 Å². The van der Waals surface area contributed by atoms with Crippen LogP contribution in [-0.2, 0) is 9.47 Å². The zero-order valence-corrected chi connectivity index (χ0v) is 23.7. The van der Waals surface area contributed by atoms with Crippen LogP contribution in [0.5, 0.6) is 5.75 Å². The Bertz CT molecular complexity index is 567. The van der Waals surface area contributed by atoms with E-state index in [-0.39, 0.29) is 12.0 Å². The molecule has 0 saturated carbocycles. The van der Waals surface area contributed by atoms with Crippen molar-refractivity contribution in [3.8, 4) is 5.75 Å². The van der Waals surface area contributed by atoms with Gasteiger partial charge in [-0.1, -0.05) is 117 Å². The van der Waals surface area contributed by atoms with Crippen LogP contribution in [0.1, 0.15) is 136 Å². The minimum atomic E-state index is -0.0115. The highest BCUT2D eigenvalue weighted by Crippen LogP contribution is 2.15. The first-order valence-corrected chi connectivity index (χ1v) is 15.2. The molecule has 0 aromatic heterocycles. The summed E-state index contributed by atoms with van der Waals surface area (Å²) in [6, 6.07) is 7.07. The fraction of sp³-hybridized carbons (Fsp3) is 0.806. The third kappa shape index (κ3) is 20.8. The van der Waals surface area contributed by atoms with E-state index in [4.69, 9.17) is 9.47 Å². The highest BCUT2D eigenvalue weighted by molar-refractivity contribution is 5.45. The van der Waals surface area contributed by atoms with Crippen LogP contribution in [0.4, 0.5) is 5.69 Å². The number of ether oxygens (including phenoxy) is 2. The molecule has 0 saturated heterocycles. The van der Waals surface area contributed by atoms with E-state index in [1.807, 2.05) is 12.1 Å². The lowest BCUT2D eigenvalue weighted by molar-refractivity contribution is -0.00197. The number of anilines is 1. The molecule has 0 aliphatic rings. The zero-order valence-electron chi connectivity index (χ0n) is 23.7. The molecule has 0 bridgehead atoms. The van der Waals surface area contributed by atoms with Gasteiger partial charge in [0.25, 0.3) is 0 Å².